The number of amides is 1. The minimum atomic E-state index is -0.601. The predicted octanol–water partition coefficient (Wildman–Crippen LogP) is 4.97. The minimum Gasteiger partial charge on any atom is -0.324 e. The molecule has 0 saturated carbocycles. The van der Waals surface area contributed by atoms with Gasteiger partial charge in [0, 0.05) is 25.0 Å². The van der Waals surface area contributed by atoms with Crippen molar-refractivity contribution in [3.05, 3.63) is 106 Å². The number of aryl methyl sites for hydroxylation is 1. The van der Waals surface area contributed by atoms with Gasteiger partial charge in [0.2, 0.25) is 5.91 Å². The van der Waals surface area contributed by atoms with Crippen molar-refractivity contribution in [1.82, 2.24) is 14.8 Å². The summed E-state index contributed by atoms with van der Waals surface area (Å²) in [5.74, 6) is -1.20. The highest BCUT2D eigenvalue weighted by molar-refractivity contribution is 6.33. The van der Waals surface area contributed by atoms with E-state index in [1.807, 2.05) is 13.0 Å². The minimum absolute atomic E-state index is 0.0254. The highest BCUT2D eigenvalue weighted by Gasteiger charge is 2.15. The van der Waals surface area contributed by atoms with Crippen molar-refractivity contribution in [2.45, 2.75) is 19.8 Å². The van der Waals surface area contributed by atoms with Gasteiger partial charge in [-0.05, 0) is 53.9 Å². The summed E-state index contributed by atoms with van der Waals surface area (Å²) in [5.41, 5.74) is 3.32. The first kappa shape index (κ1) is 22.4. The second-order valence-corrected chi connectivity index (χ2v) is 8.04. The van der Waals surface area contributed by atoms with Gasteiger partial charge in [0.1, 0.15) is 5.82 Å². The number of para-hydroxylation sites is 1. The number of nitrogens with one attached hydrogen (secondary N) is 1. The lowest BCUT2D eigenvalue weighted by Gasteiger charge is -2.07. The molecule has 0 fully saturated rings. The van der Waals surface area contributed by atoms with Crippen LogP contribution in [-0.4, -0.2) is 26.5 Å². The number of aromatic nitrogens is 3. The van der Waals surface area contributed by atoms with Crippen LogP contribution in [0.5, 0.6) is 0 Å². The number of hydrogen-bond donors (Lipinski definition) is 1. The van der Waals surface area contributed by atoms with Crippen molar-refractivity contribution in [1.29, 1.82) is 0 Å². The molecule has 8 heteroatoms. The monoisotopic (exact) mass is 462 g/mol. The van der Waals surface area contributed by atoms with Gasteiger partial charge >= 0.3 is 0 Å². The van der Waals surface area contributed by atoms with Crippen molar-refractivity contribution in [3.63, 3.8) is 0 Å². The third-order valence-corrected chi connectivity index (χ3v) is 5.29. The predicted molar refractivity (Wildman–Crippen MR) is 124 cm³/mol. The molecule has 0 saturated heterocycles. The first-order valence-corrected chi connectivity index (χ1v) is 10.6. The topological polar surface area (TPSA) is 76.9 Å². The van der Waals surface area contributed by atoms with E-state index in [9.17, 15) is 14.0 Å². The van der Waals surface area contributed by atoms with Gasteiger partial charge in [-0.3, -0.25) is 14.6 Å². The van der Waals surface area contributed by atoms with E-state index in [1.54, 1.807) is 49.1 Å². The third-order valence-electron chi connectivity index (χ3n) is 4.96. The lowest BCUT2D eigenvalue weighted by molar-refractivity contribution is -0.115. The fourth-order valence-corrected chi connectivity index (χ4v) is 3.58. The normalized spacial score (nSPS) is 10.8. The maximum Gasteiger partial charge on any atom is 0.228 e. The number of rotatable bonds is 7. The van der Waals surface area contributed by atoms with Crippen LogP contribution in [0.4, 0.5) is 10.1 Å². The number of carbonyl (C=O) groups is 2. The highest BCUT2D eigenvalue weighted by atomic mass is 35.5. The Balaban J connectivity index is 1.48. The Morgan fingerprint density at radius 3 is 2.64 bits per heavy atom. The van der Waals surface area contributed by atoms with Gasteiger partial charge in [0.15, 0.2) is 5.78 Å². The molecule has 2 heterocycles. The molecule has 4 aromatic rings. The molecule has 4 rings (SSSR count). The second-order valence-electron chi connectivity index (χ2n) is 7.63. The van der Waals surface area contributed by atoms with E-state index < -0.39 is 5.82 Å². The molecule has 33 heavy (non-hydrogen) atoms. The molecular weight excluding hydrogens is 443 g/mol. The molecule has 0 aliphatic carbocycles. The Kier molecular flexibility index (Phi) is 6.60. The molecule has 6 nitrogen and oxygen atoms in total. The molecule has 2 aromatic carbocycles. The van der Waals surface area contributed by atoms with Crippen molar-refractivity contribution in [3.8, 4) is 5.69 Å². The molecule has 0 aliphatic rings. The van der Waals surface area contributed by atoms with Gasteiger partial charge < -0.3 is 5.32 Å². The van der Waals surface area contributed by atoms with E-state index in [0.29, 0.717) is 22.0 Å². The highest BCUT2D eigenvalue weighted by Crippen LogP contribution is 2.21. The van der Waals surface area contributed by atoms with Crippen LogP contribution in [0.25, 0.3) is 5.69 Å². The van der Waals surface area contributed by atoms with Crippen LogP contribution in [0.3, 0.4) is 0 Å². The molecule has 1 amide bonds. The van der Waals surface area contributed by atoms with Gasteiger partial charge in [-0.15, -0.1) is 0 Å². The van der Waals surface area contributed by atoms with E-state index in [-0.39, 0.29) is 30.1 Å². The van der Waals surface area contributed by atoms with Crippen LogP contribution in [0.1, 0.15) is 27.0 Å². The summed E-state index contributed by atoms with van der Waals surface area (Å²) in [6.45, 7) is 1.88. The van der Waals surface area contributed by atoms with E-state index in [2.05, 4.69) is 15.4 Å². The zero-order chi connectivity index (χ0) is 23.4. The largest absolute Gasteiger partial charge is 0.324 e. The maximum absolute atomic E-state index is 14.4. The molecule has 2 aromatic heterocycles. The fourth-order valence-electron chi connectivity index (χ4n) is 3.40. The number of Topliss-reactive ketones (excluding diaryl/α,β-unsaturated/α-hetero) is 1. The van der Waals surface area contributed by atoms with Crippen LogP contribution in [-0.2, 0) is 17.6 Å². The summed E-state index contributed by atoms with van der Waals surface area (Å²) in [7, 11) is 0. The van der Waals surface area contributed by atoms with E-state index in [4.69, 9.17) is 11.6 Å². The Morgan fingerprint density at radius 2 is 1.85 bits per heavy atom. The van der Waals surface area contributed by atoms with Crippen molar-refractivity contribution in [2.75, 3.05) is 5.32 Å². The van der Waals surface area contributed by atoms with Crippen molar-refractivity contribution < 1.29 is 14.0 Å². The average molecular weight is 463 g/mol. The number of ketones is 1. The number of anilines is 1. The Bertz CT molecular complexity index is 1340. The van der Waals surface area contributed by atoms with Crippen molar-refractivity contribution >= 4 is 29.0 Å². The maximum atomic E-state index is 14.4. The third kappa shape index (κ3) is 5.51. The molecule has 0 unspecified atom stereocenters. The SMILES string of the molecule is Cc1cncc(CC(=O)c2cc(-n3cc(CC(=O)Nc4ccccc4Cl)cn3)ccc2F)c1. The summed E-state index contributed by atoms with van der Waals surface area (Å²) < 4.78 is 15.9. The van der Waals surface area contributed by atoms with E-state index >= 15 is 0 Å². The summed E-state index contributed by atoms with van der Waals surface area (Å²) in [4.78, 5) is 29.2. The second kappa shape index (κ2) is 9.75. The number of pyridine rings is 1. The van der Waals surface area contributed by atoms with Gasteiger partial charge in [0.05, 0.1) is 34.6 Å². The van der Waals surface area contributed by atoms with Gasteiger partial charge in [-0.2, -0.15) is 5.10 Å². The smallest absolute Gasteiger partial charge is 0.228 e. The Morgan fingerprint density at radius 1 is 1.03 bits per heavy atom. The van der Waals surface area contributed by atoms with Crippen LogP contribution in [0.15, 0.2) is 73.3 Å². The number of halogens is 2. The van der Waals surface area contributed by atoms with Gasteiger partial charge in [-0.1, -0.05) is 29.8 Å². The van der Waals surface area contributed by atoms with Gasteiger partial charge in [-0.25, -0.2) is 9.07 Å². The molecule has 0 radical (unpaired) electrons. The lowest BCUT2D eigenvalue weighted by atomic mass is 10.0. The molecule has 166 valence electrons. The zero-order valence-corrected chi connectivity index (χ0v) is 18.5. The molecule has 0 aliphatic heterocycles. The van der Waals surface area contributed by atoms with Crippen LogP contribution >= 0.6 is 11.6 Å². The molecular formula is C25H20ClFN4O2. The number of carbonyl (C=O) groups excluding carboxylic acids is 2. The van der Waals surface area contributed by atoms with Crippen LogP contribution in [0.2, 0.25) is 5.02 Å². The lowest BCUT2D eigenvalue weighted by Crippen LogP contribution is -2.14. The Hall–Kier alpha value is -3.84. The average Bonchev–Trinajstić information content (AvgIpc) is 3.24. The summed E-state index contributed by atoms with van der Waals surface area (Å²) >= 11 is 6.07. The van der Waals surface area contributed by atoms with Crippen LogP contribution < -0.4 is 5.32 Å². The first-order chi connectivity index (χ1) is 15.9. The zero-order valence-electron chi connectivity index (χ0n) is 17.8. The molecule has 0 atom stereocenters. The molecule has 0 spiro atoms. The standard InChI is InChI=1S/C25H20ClFN4O2/c1-16-8-17(13-28-12-16)9-24(32)20-11-19(6-7-22(20)27)31-15-18(14-29-31)10-25(33)30-23-5-3-2-4-21(23)26/h2-8,11-15H,9-10H2,1H3,(H,30,33). The number of benzene rings is 2. The fraction of sp³-hybridized carbons (Fsp3) is 0.120. The first-order valence-electron chi connectivity index (χ1n) is 10.2. The summed E-state index contributed by atoms with van der Waals surface area (Å²) in [6, 6.07) is 13.0. The quantitative estimate of drug-likeness (QED) is 0.393. The molecule has 1 N–H and O–H groups in total. The van der Waals surface area contributed by atoms with Crippen molar-refractivity contribution in [2.24, 2.45) is 0 Å². The van der Waals surface area contributed by atoms with E-state index in [1.165, 1.54) is 22.9 Å². The Labute approximate surface area is 195 Å². The summed E-state index contributed by atoms with van der Waals surface area (Å²) in [5, 5.41) is 7.47. The van der Waals surface area contributed by atoms with E-state index in [0.717, 1.165) is 11.1 Å². The van der Waals surface area contributed by atoms with Crippen LogP contribution in [0, 0.1) is 12.7 Å². The summed E-state index contributed by atoms with van der Waals surface area (Å²) in [6.07, 6.45) is 6.63. The number of nitrogens with zero attached hydrogens (tertiary/aromatic N) is 3. The number of hydrogen-bond acceptors (Lipinski definition) is 4. The van der Waals surface area contributed by atoms with Gasteiger partial charge in [0.25, 0.3) is 0 Å². The molecule has 0 bridgehead atoms.